The standard InChI is InChI=1S/C15H24N2O2/c1-14(2,15(3,4)16)13(19)17-12(10-18)11-8-6-5-7-9-11/h5-9,12,18H,10,16H2,1-4H3,(H,17,19). The van der Waals surface area contributed by atoms with Crippen LogP contribution >= 0.6 is 0 Å². The van der Waals surface area contributed by atoms with E-state index >= 15 is 0 Å². The topological polar surface area (TPSA) is 75.4 Å². The number of carbonyl (C=O) groups excluding carboxylic acids is 1. The summed E-state index contributed by atoms with van der Waals surface area (Å²) in [4.78, 5) is 12.4. The van der Waals surface area contributed by atoms with Gasteiger partial charge in [-0.15, -0.1) is 0 Å². The molecule has 1 aromatic carbocycles. The van der Waals surface area contributed by atoms with Gasteiger partial charge in [-0.05, 0) is 33.3 Å². The van der Waals surface area contributed by atoms with Crippen LogP contribution in [0, 0.1) is 5.41 Å². The predicted octanol–water partition coefficient (Wildman–Crippen LogP) is 1.60. The fraction of sp³-hybridized carbons (Fsp3) is 0.533. The van der Waals surface area contributed by atoms with Crippen molar-refractivity contribution in [2.24, 2.45) is 11.1 Å². The highest BCUT2D eigenvalue weighted by Gasteiger charge is 2.41. The first-order valence-electron chi connectivity index (χ1n) is 6.46. The zero-order valence-corrected chi connectivity index (χ0v) is 12.1. The van der Waals surface area contributed by atoms with Gasteiger partial charge in [0.2, 0.25) is 5.91 Å². The smallest absolute Gasteiger partial charge is 0.228 e. The highest BCUT2D eigenvalue weighted by atomic mass is 16.3. The second-order valence-corrected chi connectivity index (χ2v) is 5.97. The van der Waals surface area contributed by atoms with Crippen LogP contribution in [0.5, 0.6) is 0 Å². The van der Waals surface area contributed by atoms with Crippen LogP contribution in [0.15, 0.2) is 30.3 Å². The summed E-state index contributed by atoms with van der Waals surface area (Å²) in [5.41, 5.74) is 5.55. The van der Waals surface area contributed by atoms with Gasteiger partial charge in [0, 0.05) is 5.54 Å². The van der Waals surface area contributed by atoms with Gasteiger partial charge in [0.15, 0.2) is 0 Å². The lowest BCUT2D eigenvalue weighted by atomic mass is 9.74. The zero-order valence-electron chi connectivity index (χ0n) is 12.1. The van der Waals surface area contributed by atoms with Gasteiger partial charge in [0.25, 0.3) is 0 Å². The Morgan fingerprint density at radius 3 is 2.21 bits per heavy atom. The van der Waals surface area contributed by atoms with Crippen LogP contribution in [0.2, 0.25) is 0 Å². The Balaban J connectivity index is 2.86. The molecule has 0 aliphatic carbocycles. The summed E-state index contributed by atoms with van der Waals surface area (Å²) in [5, 5.41) is 12.3. The van der Waals surface area contributed by atoms with E-state index in [1.54, 1.807) is 0 Å². The minimum absolute atomic E-state index is 0.142. The number of rotatable bonds is 5. The molecule has 0 saturated carbocycles. The average Bonchev–Trinajstić information content (AvgIpc) is 2.35. The number of hydrogen-bond acceptors (Lipinski definition) is 3. The molecule has 0 spiro atoms. The number of aliphatic hydroxyl groups excluding tert-OH is 1. The summed E-state index contributed by atoms with van der Waals surface area (Å²) >= 11 is 0. The van der Waals surface area contributed by atoms with Crippen LogP contribution in [0.4, 0.5) is 0 Å². The molecule has 0 aliphatic rings. The highest BCUT2D eigenvalue weighted by Crippen LogP contribution is 2.29. The normalized spacial score (nSPS) is 14.0. The van der Waals surface area contributed by atoms with Crippen LogP contribution in [-0.4, -0.2) is 23.2 Å². The molecule has 19 heavy (non-hydrogen) atoms. The van der Waals surface area contributed by atoms with Crippen LogP contribution in [0.25, 0.3) is 0 Å². The van der Waals surface area contributed by atoms with E-state index in [0.29, 0.717) is 0 Å². The Morgan fingerprint density at radius 2 is 1.79 bits per heavy atom. The lowest BCUT2D eigenvalue weighted by Gasteiger charge is -2.38. The van der Waals surface area contributed by atoms with E-state index in [-0.39, 0.29) is 12.5 Å². The summed E-state index contributed by atoms with van der Waals surface area (Å²) < 4.78 is 0. The Hall–Kier alpha value is -1.39. The first kappa shape index (κ1) is 15.7. The number of carbonyl (C=O) groups is 1. The third-order valence-electron chi connectivity index (χ3n) is 3.87. The molecule has 106 valence electrons. The van der Waals surface area contributed by atoms with E-state index in [0.717, 1.165) is 5.56 Å². The molecule has 1 atom stereocenters. The molecule has 0 radical (unpaired) electrons. The summed E-state index contributed by atoms with van der Waals surface area (Å²) in [6, 6.07) is 9.00. The van der Waals surface area contributed by atoms with Crippen LogP contribution in [0.1, 0.15) is 39.3 Å². The van der Waals surface area contributed by atoms with Crippen molar-refractivity contribution in [1.82, 2.24) is 5.32 Å². The van der Waals surface area contributed by atoms with Crippen molar-refractivity contribution in [2.45, 2.75) is 39.3 Å². The number of benzene rings is 1. The zero-order chi connectivity index (χ0) is 14.7. The van der Waals surface area contributed by atoms with Gasteiger partial charge in [0.05, 0.1) is 18.1 Å². The largest absolute Gasteiger partial charge is 0.394 e. The van der Waals surface area contributed by atoms with E-state index in [2.05, 4.69) is 5.32 Å². The number of amides is 1. The molecule has 0 aromatic heterocycles. The van der Waals surface area contributed by atoms with Gasteiger partial charge in [-0.3, -0.25) is 4.79 Å². The Morgan fingerprint density at radius 1 is 1.26 bits per heavy atom. The maximum Gasteiger partial charge on any atom is 0.228 e. The maximum absolute atomic E-state index is 12.4. The second-order valence-electron chi connectivity index (χ2n) is 5.97. The quantitative estimate of drug-likeness (QED) is 0.756. The molecule has 1 aromatic rings. The molecular formula is C15H24N2O2. The number of aliphatic hydroxyl groups is 1. The molecule has 1 unspecified atom stereocenters. The van der Waals surface area contributed by atoms with Crippen molar-refractivity contribution in [1.29, 1.82) is 0 Å². The minimum atomic E-state index is -0.727. The predicted molar refractivity (Wildman–Crippen MR) is 76.5 cm³/mol. The first-order chi connectivity index (χ1) is 8.70. The molecule has 4 nitrogen and oxygen atoms in total. The van der Waals surface area contributed by atoms with Crippen molar-refractivity contribution in [3.63, 3.8) is 0 Å². The second kappa shape index (κ2) is 5.72. The molecular weight excluding hydrogens is 240 g/mol. The van der Waals surface area contributed by atoms with Crippen LogP contribution < -0.4 is 11.1 Å². The van der Waals surface area contributed by atoms with E-state index in [1.165, 1.54) is 0 Å². The van der Waals surface area contributed by atoms with E-state index < -0.39 is 17.0 Å². The summed E-state index contributed by atoms with van der Waals surface area (Å²) in [6.07, 6.45) is 0. The fourth-order valence-electron chi connectivity index (χ4n) is 1.55. The third kappa shape index (κ3) is 3.55. The number of hydrogen-bond donors (Lipinski definition) is 3. The van der Waals surface area contributed by atoms with Gasteiger partial charge >= 0.3 is 0 Å². The average molecular weight is 264 g/mol. The lowest BCUT2D eigenvalue weighted by molar-refractivity contribution is -0.133. The fourth-order valence-corrected chi connectivity index (χ4v) is 1.55. The number of nitrogens with one attached hydrogen (secondary N) is 1. The van der Waals surface area contributed by atoms with Gasteiger partial charge in [-0.1, -0.05) is 30.3 Å². The SMILES string of the molecule is CC(C)(N)C(C)(C)C(=O)NC(CO)c1ccccc1. The minimum Gasteiger partial charge on any atom is -0.394 e. The number of nitrogens with two attached hydrogens (primary N) is 1. The summed E-state index contributed by atoms with van der Waals surface area (Å²) in [5.74, 6) is -0.164. The van der Waals surface area contributed by atoms with Gasteiger partial charge in [-0.2, -0.15) is 0 Å². The van der Waals surface area contributed by atoms with Gasteiger partial charge < -0.3 is 16.2 Å². The molecule has 0 fully saturated rings. The van der Waals surface area contributed by atoms with Crippen molar-refractivity contribution >= 4 is 5.91 Å². The molecule has 1 amide bonds. The van der Waals surface area contributed by atoms with Crippen molar-refractivity contribution in [3.8, 4) is 0 Å². The molecule has 0 aliphatic heterocycles. The lowest BCUT2D eigenvalue weighted by Crippen LogP contribution is -2.56. The Labute approximate surface area is 115 Å². The van der Waals surface area contributed by atoms with E-state index in [1.807, 2.05) is 58.0 Å². The first-order valence-corrected chi connectivity index (χ1v) is 6.46. The van der Waals surface area contributed by atoms with Crippen molar-refractivity contribution in [2.75, 3.05) is 6.61 Å². The molecule has 0 saturated heterocycles. The van der Waals surface area contributed by atoms with E-state index in [9.17, 15) is 9.90 Å². The summed E-state index contributed by atoms with van der Waals surface area (Å²) in [7, 11) is 0. The summed E-state index contributed by atoms with van der Waals surface area (Å²) in [6.45, 7) is 7.12. The Kier molecular flexibility index (Phi) is 4.71. The molecule has 0 bridgehead atoms. The van der Waals surface area contributed by atoms with Crippen LogP contribution in [0.3, 0.4) is 0 Å². The molecule has 0 heterocycles. The maximum atomic E-state index is 12.4. The molecule has 4 heteroatoms. The van der Waals surface area contributed by atoms with E-state index in [4.69, 9.17) is 5.73 Å². The highest BCUT2D eigenvalue weighted by molar-refractivity contribution is 5.83. The molecule has 4 N–H and O–H groups in total. The van der Waals surface area contributed by atoms with Gasteiger partial charge in [0.1, 0.15) is 0 Å². The van der Waals surface area contributed by atoms with Crippen molar-refractivity contribution in [3.05, 3.63) is 35.9 Å². The van der Waals surface area contributed by atoms with Crippen LogP contribution in [-0.2, 0) is 4.79 Å². The Bertz CT molecular complexity index is 422. The van der Waals surface area contributed by atoms with Gasteiger partial charge in [-0.25, -0.2) is 0 Å². The monoisotopic (exact) mass is 264 g/mol. The van der Waals surface area contributed by atoms with Crippen molar-refractivity contribution < 1.29 is 9.90 Å². The third-order valence-corrected chi connectivity index (χ3v) is 3.87. The molecule has 1 rings (SSSR count).